The average molecular weight is 536 g/mol. The van der Waals surface area contributed by atoms with Gasteiger partial charge in [-0.05, 0) is 32.6 Å². The molecule has 0 radical (unpaired) electrons. The van der Waals surface area contributed by atoms with E-state index in [2.05, 4.69) is 15.3 Å². The first-order valence-corrected chi connectivity index (χ1v) is 12.5. The van der Waals surface area contributed by atoms with Crippen molar-refractivity contribution in [3.8, 4) is 0 Å². The summed E-state index contributed by atoms with van der Waals surface area (Å²) in [7, 11) is 1.50. The molecule has 14 heteroatoms. The molecule has 6 atom stereocenters. The Bertz CT molecular complexity index is 1390. The number of carbonyl (C=O) groups is 1. The van der Waals surface area contributed by atoms with Crippen molar-refractivity contribution in [2.24, 2.45) is 5.92 Å². The molecule has 2 aromatic rings. The van der Waals surface area contributed by atoms with Crippen molar-refractivity contribution in [1.82, 2.24) is 24.4 Å². The highest BCUT2D eigenvalue weighted by molar-refractivity contribution is 5.75. The van der Waals surface area contributed by atoms with Gasteiger partial charge in [-0.1, -0.05) is 0 Å². The normalized spacial score (nSPS) is 27.1. The van der Waals surface area contributed by atoms with Crippen LogP contribution in [0.2, 0.25) is 0 Å². The zero-order chi connectivity index (χ0) is 27.6. The highest BCUT2D eigenvalue weighted by Crippen LogP contribution is 2.35. The fourth-order valence-electron chi connectivity index (χ4n) is 4.97. The van der Waals surface area contributed by atoms with Crippen LogP contribution in [0.3, 0.4) is 0 Å². The smallest absolute Gasteiger partial charge is 0.330 e. The minimum Gasteiger partial charge on any atom is -0.394 e. The molecule has 0 aliphatic carbocycles. The first kappa shape index (κ1) is 27.7. The van der Waals surface area contributed by atoms with E-state index in [9.17, 15) is 29.1 Å². The minimum atomic E-state index is -0.747. The molecule has 2 aliphatic rings. The van der Waals surface area contributed by atoms with Gasteiger partial charge in [0.25, 0.3) is 11.1 Å². The molecule has 4 heterocycles. The SMILES string of the molecule is CO[C@@H]1CC(CNC(=O)CC[C@H]2CC(n3cc(C)c(=O)[nH]c3=O)OC2CO)OC1n1cc(C)c(=O)[nH]c1=O. The molecular formula is C24H33N5O9. The van der Waals surface area contributed by atoms with Crippen molar-refractivity contribution in [2.75, 3.05) is 20.3 Å². The number of hydrogen-bond donors (Lipinski definition) is 4. The van der Waals surface area contributed by atoms with Gasteiger partial charge in [0.05, 0.1) is 18.8 Å². The summed E-state index contributed by atoms with van der Waals surface area (Å²) >= 11 is 0. The van der Waals surface area contributed by atoms with Crippen LogP contribution in [0.4, 0.5) is 0 Å². The molecule has 38 heavy (non-hydrogen) atoms. The van der Waals surface area contributed by atoms with Crippen LogP contribution in [-0.2, 0) is 19.0 Å². The van der Waals surface area contributed by atoms with E-state index in [0.717, 1.165) is 0 Å². The zero-order valence-corrected chi connectivity index (χ0v) is 21.5. The second kappa shape index (κ2) is 11.6. The molecule has 14 nitrogen and oxygen atoms in total. The number of carbonyl (C=O) groups excluding carboxylic acids is 1. The Hall–Kier alpha value is -3.33. The van der Waals surface area contributed by atoms with Crippen LogP contribution in [0.15, 0.2) is 31.6 Å². The second-order valence-corrected chi connectivity index (χ2v) is 9.77. The van der Waals surface area contributed by atoms with Crippen LogP contribution < -0.4 is 27.8 Å². The lowest BCUT2D eigenvalue weighted by atomic mass is 9.95. The Morgan fingerprint density at radius 1 is 1.05 bits per heavy atom. The topological polar surface area (TPSA) is 187 Å². The lowest BCUT2D eigenvalue weighted by Crippen LogP contribution is -2.37. The molecular weight excluding hydrogens is 502 g/mol. The number of aliphatic hydroxyl groups excluding tert-OH is 1. The predicted octanol–water partition coefficient (Wildman–Crippen LogP) is -1.20. The number of aryl methyl sites for hydroxylation is 2. The Balaban J connectivity index is 1.31. The van der Waals surface area contributed by atoms with Crippen molar-refractivity contribution in [1.29, 1.82) is 0 Å². The van der Waals surface area contributed by atoms with Crippen LogP contribution in [0, 0.1) is 19.8 Å². The monoisotopic (exact) mass is 535 g/mol. The Morgan fingerprint density at radius 2 is 1.68 bits per heavy atom. The van der Waals surface area contributed by atoms with Gasteiger partial charge in [-0.2, -0.15) is 0 Å². The summed E-state index contributed by atoms with van der Waals surface area (Å²) in [5, 5.41) is 12.6. The molecule has 4 unspecified atom stereocenters. The van der Waals surface area contributed by atoms with Crippen LogP contribution >= 0.6 is 0 Å². The van der Waals surface area contributed by atoms with Crippen LogP contribution in [0.25, 0.3) is 0 Å². The van der Waals surface area contributed by atoms with Crippen molar-refractivity contribution in [3.63, 3.8) is 0 Å². The number of amides is 1. The maximum atomic E-state index is 12.6. The van der Waals surface area contributed by atoms with E-state index < -0.39 is 53.3 Å². The first-order valence-electron chi connectivity index (χ1n) is 12.5. The highest BCUT2D eigenvalue weighted by Gasteiger charge is 2.38. The molecule has 4 N–H and O–H groups in total. The summed E-state index contributed by atoms with van der Waals surface area (Å²) in [5.74, 6) is -0.393. The average Bonchev–Trinajstić information content (AvgIpc) is 3.49. The molecule has 4 rings (SSSR count). The van der Waals surface area contributed by atoms with Gasteiger partial charge >= 0.3 is 11.4 Å². The number of hydrogen-bond acceptors (Lipinski definition) is 9. The lowest BCUT2D eigenvalue weighted by molar-refractivity contribution is -0.122. The van der Waals surface area contributed by atoms with E-state index in [1.165, 1.54) is 28.6 Å². The molecule has 0 bridgehead atoms. The number of aliphatic hydroxyl groups is 1. The van der Waals surface area contributed by atoms with Crippen molar-refractivity contribution < 1.29 is 24.1 Å². The van der Waals surface area contributed by atoms with E-state index in [1.54, 1.807) is 13.8 Å². The fourth-order valence-corrected chi connectivity index (χ4v) is 4.97. The maximum Gasteiger partial charge on any atom is 0.330 e. The molecule has 0 spiro atoms. The first-order chi connectivity index (χ1) is 18.1. The fraction of sp³-hybridized carbons (Fsp3) is 0.625. The molecule has 0 aromatic carbocycles. The molecule has 0 saturated carbocycles. The number of nitrogens with zero attached hydrogens (tertiary/aromatic N) is 2. The van der Waals surface area contributed by atoms with Crippen LogP contribution in [0.1, 0.15) is 49.3 Å². The van der Waals surface area contributed by atoms with Crippen molar-refractivity contribution >= 4 is 5.91 Å². The third kappa shape index (κ3) is 5.88. The third-order valence-electron chi connectivity index (χ3n) is 7.14. The number of methoxy groups -OCH3 is 1. The number of nitrogens with one attached hydrogen (secondary N) is 3. The van der Waals surface area contributed by atoms with Crippen molar-refractivity contribution in [3.05, 3.63) is 65.2 Å². The van der Waals surface area contributed by atoms with Gasteiger partial charge < -0.3 is 24.6 Å². The molecule has 2 aromatic heterocycles. The summed E-state index contributed by atoms with van der Waals surface area (Å²) in [4.78, 5) is 64.9. The van der Waals surface area contributed by atoms with Gasteiger partial charge in [0.2, 0.25) is 5.91 Å². The lowest BCUT2D eigenvalue weighted by Gasteiger charge is -2.20. The summed E-state index contributed by atoms with van der Waals surface area (Å²) in [6.07, 6.45) is 1.48. The van der Waals surface area contributed by atoms with Crippen LogP contribution in [-0.4, -0.2) is 68.7 Å². The highest BCUT2D eigenvalue weighted by atomic mass is 16.6. The largest absolute Gasteiger partial charge is 0.394 e. The number of H-pyrrole nitrogens is 2. The quantitative estimate of drug-likeness (QED) is 0.306. The summed E-state index contributed by atoms with van der Waals surface area (Å²) in [6.45, 7) is 3.10. The number of rotatable bonds is 9. The Morgan fingerprint density at radius 3 is 2.32 bits per heavy atom. The maximum absolute atomic E-state index is 12.6. The van der Waals surface area contributed by atoms with E-state index >= 15 is 0 Å². The standard InChI is InChI=1S/C24H33N5O9/c1-12-9-28(23(34)26-20(12)32)19-6-14(17(11-30)38-19)4-5-18(31)25-8-15-7-16(36-3)22(37-15)29-10-13(2)21(33)27-24(29)35/h9-10,14-17,19,22,30H,4-8,11H2,1-3H3,(H,25,31)(H,26,32,34)(H,27,33,35)/t14-,15?,16+,17?,19?,22?/m0/s1. The summed E-state index contributed by atoms with van der Waals surface area (Å²) < 4.78 is 19.9. The molecule has 208 valence electrons. The van der Waals surface area contributed by atoms with Crippen molar-refractivity contribution in [2.45, 2.75) is 70.3 Å². The van der Waals surface area contributed by atoms with E-state index in [-0.39, 0.29) is 31.4 Å². The number of aromatic nitrogens is 4. The third-order valence-corrected chi connectivity index (χ3v) is 7.14. The van der Waals surface area contributed by atoms with E-state index in [0.29, 0.717) is 30.4 Å². The van der Waals surface area contributed by atoms with Gasteiger partial charge in [-0.25, -0.2) is 9.59 Å². The molecule has 2 aliphatic heterocycles. The summed E-state index contributed by atoms with van der Waals surface area (Å²) in [5.41, 5.74) is -1.41. The second-order valence-electron chi connectivity index (χ2n) is 9.77. The zero-order valence-electron chi connectivity index (χ0n) is 21.5. The number of aromatic amines is 2. The van der Waals surface area contributed by atoms with E-state index in [1.807, 2.05) is 0 Å². The summed E-state index contributed by atoms with van der Waals surface area (Å²) in [6, 6.07) is 0. The van der Waals surface area contributed by atoms with Gasteiger partial charge in [-0.15, -0.1) is 0 Å². The number of ether oxygens (including phenoxy) is 3. The molecule has 2 fully saturated rings. The molecule has 2 saturated heterocycles. The van der Waals surface area contributed by atoms with Gasteiger partial charge in [0.1, 0.15) is 12.3 Å². The van der Waals surface area contributed by atoms with E-state index in [4.69, 9.17) is 14.2 Å². The van der Waals surface area contributed by atoms with Crippen LogP contribution in [0.5, 0.6) is 0 Å². The van der Waals surface area contributed by atoms with Gasteiger partial charge in [0.15, 0.2) is 6.23 Å². The Kier molecular flexibility index (Phi) is 8.45. The minimum absolute atomic E-state index is 0.166. The van der Waals surface area contributed by atoms with Gasteiger partial charge in [-0.3, -0.25) is 33.5 Å². The predicted molar refractivity (Wildman–Crippen MR) is 133 cm³/mol. The Labute approximate surface area is 216 Å². The van der Waals surface area contributed by atoms with Gasteiger partial charge in [0, 0.05) is 50.0 Å². The molecule has 1 amide bonds.